The van der Waals surface area contributed by atoms with Crippen molar-refractivity contribution in [2.24, 2.45) is 7.05 Å². The van der Waals surface area contributed by atoms with E-state index < -0.39 is 0 Å². The predicted octanol–water partition coefficient (Wildman–Crippen LogP) is 2.84. The number of carbonyl (C=O) groups excluding carboxylic acids is 1. The fourth-order valence-electron chi connectivity index (χ4n) is 2.59. The van der Waals surface area contributed by atoms with E-state index in [1.54, 1.807) is 13.3 Å². The van der Waals surface area contributed by atoms with Crippen LogP contribution in [0.5, 0.6) is 5.75 Å². The first-order chi connectivity index (χ1) is 12.2. The Bertz CT molecular complexity index is 669. The number of benzene rings is 1. The minimum absolute atomic E-state index is 0.0502. The molecule has 0 saturated carbocycles. The smallest absolute Gasteiger partial charge is 0.246 e. The summed E-state index contributed by atoms with van der Waals surface area (Å²) in [4.78, 5) is 16.7. The highest BCUT2D eigenvalue weighted by Gasteiger charge is 2.21. The monoisotopic (exact) mass is 345 g/mol. The van der Waals surface area contributed by atoms with Crippen LogP contribution in [0.1, 0.15) is 43.6 Å². The van der Waals surface area contributed by atoms with E-state index >= 15 is 0 Å². The average molecular weight is 345 g/mol. The maximum atomic E-state index is 12.3. The number of aromatic nitrogens is 2. The average Bonchev–Trinajstić information content (AvgIpc) is 3.05. The van der Waals surface area contributed by atoms with E-state index in [4.69, 9.17) is 9.47 Å². The zero-order valence-corrected chi connectivity index (χ0v) is 15.2. The summed E-state index contributed by atoms with van der Waals surface area (Å²) in [5.41, 5.74) is 0.910. The second-order valence-electron chi connectivity index (χ2n) is 5.93. The molecule has 0 aliphatic heterocycles. The van der Waals surface area contributed by atoms with Crippen LogP contribution >= 0.6 is 0 Å². The number of nitrogens with zero attached hydrogens (tertiary/aromatic N) is 2. The molecule has 0 fully saturated rings. The van der Waals surface area contributed by atoms with Crippen LogP contribution in [-0.4, -0.2) is 35.8 Å². The van der Waals surface area contributed by atoms with Crippen molar-refractivity contribution in [3.8, 4) is 5.75 Å². The number of aryl methyl sites for hydroxylation is 1. The molecule has 0 spiro atoms. The Kier molecular flexibility index (Phi) is 7.47. The van der Waals surface area contributed by atoms with Gasteiger partial charge in [0.25, 0.3) is 0 Å². The molecule has 6 nitrogen and oxygen atoms in total. The number of hydrogen-bond donors (Lipinski definition) is 1. The summed E-state index contributed by atoms with van der Waals surface area (Å²) in [6.45, 7) is 2.79. The van der Waals surface area contributed by atoms with Crippen molar-refractivity contribution in [1.82, 2.24) is 14.9 Å². The molecular formula is C19H27N3O3. The minimum atomic E-state index is -0.359. The molecule has 6 heteroatoms. The molecule has 1 N–H and O–H groups in total. The molecule has 1 aromatic heterocycles. The van der Waals surface area contributed by atoms with E-state index in [-0.39, 0.29) is 18.6 Å². The third-order valence-corrected chi connectivity index (χ3v) is 3.97. The number of unbranched alkanes of at least 4 members (excludes halogenated alkanes) is 2. The lowest BCUT2D eigenvalue weighted by atomic mass is 10.1. The van der Waals surface area contributed by atoms with Crippen LogP contribution < -0.4 is 10.1 Å². The van der Waals surface area contributed by atoms with Gasteiger partial charge in [-0.2, -0.15) is 0 Å². The van der Waals surface area contributed by atoms with Crippen LogP contribution in [0.15, 0.2) is 36.7 Å². The molecule has 1 heterocycles. The topological polar surface area (TPSA) is 65.4 Å². The zero-order valence-electron chi connectivity index (χ0n) is 15.2. The van der Waals surface area contributed by atoms with Gasteiger partial charge in [0.2, 0.25) is 5.91 Å². The first kappa shape index (κ1) is 19.0. The summed E-state index contributed by atoms with van der Waals surface area (Å²) in [7, 11) is 3.53. The van der Waals surface area contributed by atoms with E-state index in [0.29, 0.717) is 6.61 Å². The number of imidazole rings is 1. The molecule has 0 aliphatic rings. The van der Waals surface area contributed by atoms with Gasteiger partial charge in [-0.15, -0.1) is 0 Å². The van der Waals surface area contributed by atoms with E-state index in [1.807, 2.05) is 42.1 Å². The number of hydrogen-bond acceptors (Lipinski definition) is 4. The fourth-order valence-corrected chi connectivity index (χ4v) is 2.59. The predicted molar refractivity (Wildman–Crippen MR) is 96.5 cm³/mol. The van der Waals surface area contributed by atoms with Crippen molar-refractivity contribution >= 4 is 5.91 Å². The highest BCUT2D eigenvalue weighted by atomic mass is 16.5. The molecule has 2 aromatic rings. The quantitative estimate of drug-likeness (QED) is 0.673. The standard InChI is InChI=1S/C19H27N3O3/c1-4-5-6-12-25-14-17(23)21-18(19-20-10-11-22(19)2)15-8-7-9-16(13-15)24-3/h7-11,13,18H,4-6,12,14H2,1-3H3,(H,21,23). The first-order valence-corrected chi connectivity index (χ1v) is 8.64. The summed E-state index contributed by atoms with van der Waals surface area (Å²) in [5, 5.41) is 3.02. The molecule has 1 amide bonds. The Labute approximate surface area is 149 Å². The molecular weight excluding hydrogens is 318 g/mol. The third kappa shape index (κ3) is 5.60. The first-order valence-electron chi connectivity index (χ1n) is 8.64. The highest BCUT2D eigenvalue weighted by molar-refractivity contribution is 5.78. The highest BCUT2D eigenvalue weighted by Crippen LogP contribution is 2.24. The summed E-state index contributed by atoms with van der Waals surface area (Å²) in [5.74, 6) is 1.33. The van der Waals surface area contributed by atoms with Gasteiger partial charge in [0.05, 0.1) is 7.11 Å². The Hall–Kier alpha value is -2.34. The van der Waals surface area contributed by atoms with Gasteiger partial charge in [-0.05, 0) is 24.1 Å². The van der Waals surface area contributed by atoms with E-state index in [1.165, 1.54) is 0 Å². The van der Waals surface area contributed by atoms with Crippen LogP contribution in [0.25, 0.3) is 0 Å². The van der Waals surface area contributed by atoms with Crippen molar-refractivity contribution in [1.29, 1.82) is 0 Å². The van der Waals surface area contributed by atoms with E-state index in [0.717, 1.165) is 36.4 Å². The largest absolute Gasteiger partial charge is 0.497 e. The molecule has 0 radical (unpaired) electrons. The van der Waals surface area contributed by atoms with Crippen LogP contribution in [0, 0.1) is 0 Å². The van der Waals surface area contributed by atoms with E-state index in [9.17, 15) is 4.79 Å². The number of ether oxygens (including phenoxy) is 2. The Morgan fingerprint density at radius 3 is 2.88 bits per heavy atom. The SMILES string of the molecule is CCCCCOCC(=O)NC(c1cccc(OC)c1)c1nccn1C. The van der Waals surface area contributed by atoms with Gasteiger partial charge < -0.3 is 19.4 Å². The lowest BCUT2D eigenvalue weighted by Crippen LogP contribution is -2.33. The summed E-state index contributed by atoms with van der Waals surface area (Å²) < 4.78 is 12.7. The van der Waals surface area contributed by atoms with Gasteiger partial charge in [-0.25, -0.2) is 4.98 Å². The number of carbonyl (C=O) groups is 1. The van der Waals surface area contributed by atoms with Crippen molar-refractivity contribution < 1.29 is 14.3 Å². The number of rotatable bonds is 10. The molecule has 1 atom stereocenters. The van der Waals surface area contributed by atoms with Gasteiger partial charge in [-0.1, -0.05) is 31.9 Å². The number of nitrogens with one attached hydrogen (secondary N) is 1. The lowest BCUT2D eigenvalue weighted by Gasteiger charge is -2.19. The normalized spacial score (nSPS) is 12.0. The second kappa shape index (κ2) is 9.84. The summed E-state index contributed by atoms with van der Waals surface area (Å²) in [6, 6.07) is 7.27. The Morgan fingerprint density at radius 1 is 1.36 bits per heavy atom. The molecule has 1 aromatic carbocycles. The molecule has 136 valence electrons. The van der Waals surface area contributed by atoms with Gasteiger partial charge in [-0.3, -0.25) is 4.79 Å². The van der Waals surface area contributed by atoms with Gasteiger partial charge >= 0.3 is 0 Å². The van der Waals surface area contributed by atoms with Crippen molar-refractivity contribution in [3.63, 3.8) is 0 Å². The van der Waals surface area contributed by atoms with Crippen LogP contribution in [0.4, 0.5) is 0 Å². The van der Waals surface area contributed by atoms with Crippen molar-refractivity contribution in [2.45, 2.75) is 32.2 Å². The van der Waals surface area contributed by atoms with E-state index in [2.05, 4.69) is 17.2 Å². The maximum Gasteiger partial charge on any atom is 0.246 e. The zero-order chi connectivity index (χ0) is 18.1. The van der Waals surface area contributed by atoms with Crippen molar-refractivity contribution in [2.75, 3.05) is 20.3 Å². The Morgan fingerprint density at radius 2 is 2.20 bits per heavy atom. The molecule has 25 heavy (non-hydrogen) atoms. The van der Waals surface area contributed by atoms with Crippen LogP contribution in [0.3, 0.4) is 0 Å². The molecule has 1 unspecified atom stereocenters. The summed E-state index contributed by atoms with van der Waals surface area (Å²) >= 11 is 0. The number of amides is 1. The molecule has 0 saturated heterocycles. The summed E-state index contributed by atoms with van der Waals surface area (Å²) in [6.07, 6.45) is 6.79. The second-order valence-corrected chi connectivity index (χ2v) is 5.93. The maximum absolute atomic E-state index is 12.3. The molecule has 2 rings (SSSR count). The fraction of sp³-hybridized carbons (Fsp3) is 0.474. The molecule has 0 aliphatic carbocycles. The van der Waals surface area contributed by atoms with Gasteiger partial charge in [0.1, 0.15) is 24.2 Å². The third-order valence-electron chi connectivity index (χ3n) is 3.97. The van der Waals surface area contributed by atoms with Gasteiger partial charge in [0.15, 0.2) is 0 Å². The van der Waals surface area contributed by atoms with Crippen LogP contribution in [-0.2, 0) is 16.6 Å². The Balaban J connectivity index is 2.08. The minimum Gasteiger partial charge on any atom is -0.497 e. The van der Waals surface area contributed by atoms with Gasteiger partial charge in [0, 0.05) is 26.0 Å². The van der Waals surface area contributed by atoms with Crippen LogP contribution in [0.2, 0.25) is 0 Å². The number of methoxy groups -OCH3 is 1. The lowest BCUT2D eigenvalue weighted by molar-refractivity contribution is -0.126. The molecule has 0 bridgehead atoms. The van der Waals surface area contributed by atoms with Crippen molar-refractivity contribution in [3.05, 3.63) is 48.0 Å².